The molecule has 3 aromatic rings. The first-order valence-electron chi connectivity index (χ1n) is 9.22. The fourth-order valence-electron chi connectivity index (χ4n) is 2.59. The van der Waals surface area contributed by atoms with Crippen molar-refractivity contribution in [3.63, 3.8) is 0 Å². The number of nitrogens with zero attached hydrogens (tertiary/aromatic N) is 2. The standard InChI is InChI=1S/C21H23N3O3S/c1-3-15-9-11-17(12-10-15)26-13-20-23-24-21(27-20)28-14-19(25)22-18-8-6-5-7-16(18)4-2/h5-12H,3-4,13-14H2,1-2H3,(H,22,25). The van der Waals surface area contributed by atoms with Crippen LogP contribution in [-0.2, 0) is 24.2 Å². The van der Waals surface area contributed by atoms with E-state index in [1.54, 1.807) is 0 Å². The first kappa shape index (κ1) is 19.9. The highest BCUT2D eigenvalue weighted by molar-refractivity contribution is 7.99. The van der Waals surface area contributed by atoms with E-state index < -0.39 is 0 Å². The zero-order chi connectivity index (χ0) is 19.8. The van der Waals surface area contributed by atoms with Crippen LogP contribution in [0.25, 0.3) is 0 Å². The summed E-state index contributed by atoms with van der Waals surface area (Å²) in [6.45, 7) is 4.35. The van der Waals surface area contributed by atoms with Gasteiger partial charge in [-0.1, -0.05) is 55.9 Å². The third-order valence-electron chi connectivity index (χ3n) is 4.14. The van der Waals surface area contributed by atoms with E-state index >= 15 is 0 Å². The van der Waals surface area contributed by atoms with Gasteiger partial charge in [-0.25, -0.2) is 0 Å². The summed E-state index contributed by atoms with van der Waals surface area (Å²) in [5, 5.41) is 11.2. The molecule has 1 heterocycles. The van der Waals surface area contributed by atoms with Crippen molar-refractivity contribution in [2.45, 2.75) is 38.5 Å². The largest absolute Gasteiger partial charge is 0.484 e. The highest BCUT2D eigenvalue weighted by Crippen LogP contribution is 2.20. The summed E-state index contributed by atoms with van der Waals surface area (Å²) in [5.74, 6) is 1.20. The van der Waals surface area contributed by atoms with Gasteiger partial charge in [0, 0.05) is 5.69 Å². The van der Waals surface area contributed by atoms with Crippen molar-refractivity contribution in [2.75, 3.05) is 11.1 Å². The number of hydrogen-bond acceptors (Lipinski definition) is 6. The number of ether oxygens (including phenoxy) is 1. The zero-order valence-corrected chi connectivity index (χ0v) is 16.8. The maximum atomic E-state index is 12.2. The van der Waals surface area contributed by atoms with E-state index in [0.29, 0.717) is 11.1 Å². The van der Waals surface area contributed by atoms with E-state index in [1.807, 2.05) is 48.5 Å². The van der Waals surface area contributed by atoms with Gasteiger partial charge in [0.25, 0.3) is 11.1 Å². The number of aryl methyl sites for hydroxylation is 2. The Kier molecular flexibility index (Phi) is 7.08. The smallest absolute Gasteiger partial charge is 0.277 e. The van der Waals surface area contributed by atoms with Gasteiger partial charge in [-0.2, -0.15) is 0 Å². The number of thioether (sulfide) groups is 1. The van der Waals surface area contributed by atoms with Gasteiger partial charge >= 0.3 is 0 Å². The van der Waals surface area contributed by atoms with Crippen LogP contribution in [-0.4, -0.2) is 21.9 Å². The van der Waals surface area contributed by atoms with Crippen molar-refractivity contribution in [3.8, 4) is 5.75 Å². The summed E-state index contributed by atoms with van der Waals surface area (Å²) in [6.07, 6.45) is 1.85. The van der Waals surface area contributed by atoms with Gasteiger partial charge in [0.2, 0.25) is 5.91 Å². The van der Waals surface area contributed by atoms with Gasteiger partial charge in [0.1, 0.15) is 5.75 Å². The van der Waals surface area contributed by atoms with Crippen LogP contribution in [0.4, 0.5) is 5.69 Å². The molecule has 0 saturated heterocycles. The predicted molar refractivity (Wildman–Crippen MR) is 110 cm³/mol. The molecule has 0 aliphatic rings. The average molecular weight is 398 g/mol. The molecular weight excluding hydrogens is 374 g/mol. The van der Waals surface area contributed by atoms with Crippen molar-refractivity contribution < 1.29 is 13.9 Å². The lowest BCUT2D eigenvalue weighted by molar-refractivity contribution is -0.113. The Bertz CT molecular complexity index is 909. The van der Waals surface area contributed by atoms with Crippen LogP contribution in [0, 0.1) is 0 Å². The van der Waals surface area contributed by atoms with E-state index in [-0.39, 0.29) is 18.3 Å². The second-order valence-corrected chi connectivity index (χ2v) is 7.02. The number of carbonyl (C=O) groups excluding carboxylic acids is 1. The second kappa shape index (κ2) is 9.94. The molecule has 0 radical (unpaired) electrons. The average Bonchev–Trinajstić information content (AvgIpc) is 3.19. The van der Waals surface area contributed by atoms with Crippen LogP contribution < -0.4 is 10.1 Å². The van der Waals surface area contributed by atoms with Gasteiger partial charge in [0.05, 0.1) is 5.75 Å². The fraction of sp³-hybridized carbons (Fsp3) is 0.286. The van der Waals surface area contributed by atoms with Crippen molar-refractivity contribution in [1.29, 1.82) is 0 Å². The monoisotopic (exact) mass is 397 g/mol. The van der Waals surface area contributed by atoms with Crippen LogP contribution in [0.3, 0.4) is 0 Å². The quantitative estimate of drug-likeness (QED) is 0.536. The van der Waals surface area contributed by atoms with E-state index in [2.05, 4.69) is 29.4 Å². The number of benzene rings is 2. The second-order valence-electron chi connectivity index (χ2n) is 6.10. The number of hydrogen-bond donors (Lipinski definition) is 1. The number of nitrogens with one attached hydrogen (secondary N) is 1. The molecule has 0 atom stereocenters. The Morgan fingerprint density at radius 1 is 1.07 bits per heavy atom. The number of para-hydroxylation sites is 1. The molecule has 1 aromatic heterocycles. The van der Waals surface area contributed by atoms with E-state index in [9.17, 15) is 4.79 Å². The highest BCUT2D eigenvalue weighted by atomic mass is 32.2. The number of aromatic nitrogens is 2. The van der Waals surface area contributed by atoms with Crippen LogP contribution in [0.1, 0.15) is 30.9 Å². The molecule has 0 saturated carbocycles. The lowest BCUT2D eigenvalue weighted by Gasteiger charge is -2.08. The maximum Gasteiger partial charge on any atom is 0.277 e. The number of rotatable bonds is 9. The lowest BCUT2D eigenvalue weighted by atomic mass is 10.1. The van der Waals surface area contributed by atoms with E-state index in [1.165, 1.54) is 17.3 Å². The van der Waals surface area contributed by atoms with Crippen LogP contribution >= 0.6 is 11.8 Å². The minimum absolute atomic E-state index is 0.113. The number of carbonyl (C=O) groups is 1. The Labute approximate surface area is 168 Å². The van der Waals surface area contributed by atoms with Gasteiger partial charge in [0.15, 0.2) is 6.61 Å². The van der Waals surface area contributed by atoms with Crippen LogP contribution in [0.5, 0.6) is 5.75 Å². The molecule has 0 aliphatic carbocycles. The normalized spacial score (nSPS) is 10.6. The van der Waals surface area contributed by atoms with Gasteiger partial charge in [-0.05, 0) is 42.2 Å². The first-order valence-corrected chi connectivity index (χ1v) is 10.2. The molecule has 7 heteroatoms. The molecule has 1 N–H and O–H groups in total. The van der Waals surface area contributed by atoms with Crippen LogP contribution in [0.2, 0.25) is 0 Å². The molecule has 0 fully saturated rings. The molecule has 0 unspecified atom stereocenters. The summed E-state index contributed by atoms with van der Waals surface area (Å²) in [7, 11) is 0. The van der Waals surface area contributed by atoms with Gasteiger partial charge in [-0.3, -0.25) is 4.79 Å². The summed E-state index contributed by atoms with van der Waals surface area (Å²) in [4.78, 5) is 12.2. The van der Waals surface area contributed by atoms with Gasteiger partial charge in [-0.15, -0.1) is 10.2 Å². The molecule has 28 heavy (non-hydrogen) atoms. The molecule has 0 bridgehead atoms. The first-order chi connectivity index (χ1) is 13.7. The van der Waals surface area contributed by atoms with Crippen molar-refractivity contribution >= 4 is 23.4 Å². The summed E-state index contributed by atoms with van der Waals surface area (Å²) < 4.78 is 11.2. The minimum atomic E-state index is -0.113. The van der Waals surface area contributed by atoms with Crippen molar-refractivity contribution in [3.05, 3.63) is 65.5 Å². The SMILES string of the molecule is CCc1ccc(OCc2nnc(SCC(=O)Nc3ccccc3CC)o2)cc1. The van der Waals surface area contributed by atoms with Gasteiger partial charge < -0.3 is 14.5 Å². The van der Waals surface area contributed by atoms with Crippen molar-refractivity contribution in [2.24, 2.45) is 0 Å². The topological polar surface area (TPSA) is 77.2 Å². The fourth-order valence-corrected chi connectivity index (χ4v) is 3.17. The molecule has 2 aromatic carbocycles. The van der Waals surface area contributed by atoms with Crippen LogP contribution in [0.15, 0.2) is 58.2 Å². The summed E-state index contributed by atoms with van der Waals surface area (Å²) in [6, 6.07) is 15.7. The van der Waals surface area contributed by atoms with E-state index in [0.717, 1.165) is 29.8 Å². The third kappa shape index (κ3) is 5.60. The lowest BCUT2D eigenvalue weighted by Crippen LogP contribution is -2.15. The van der Waals surface area contributed by atoms with Crippen molar-refractivity contribution in [1.82, 2.24) is 10.2 Å². The molecule has 0 spiro atoms. The number of anilines is 1. The molecule has 6 nitrogen and oxygen atoms in total. The molecule has 1 amide bonds. The number of amides is 1. The molecule has 146 valence electrons. The molecule has 3 rings (SSSR count). The Morgan fingerprint density at radius 3 is 2.61 bits per heavy atom. The Morgan fingerprint density at radius 2 is 1.86 bits per heavy atom. The summed E-state index contributed by atoms with van der Waals surface area (Å²) in [5.41, 5.74) is 3.19. The maximum absolute atomic E-state index is 12.2. The predicted octanol–water partition coefficient (Wildman–Crippen LogP) is 4.50. The Hall–Kier alpha value is -2.80. The summed E-state index contributed by atoms with van der Waals surface area (Å²) >= 11 is 1.20. The minimum Gasteiger partial charge on any atom is -0.484 e. The molecule has 0 aliphatic heterocycles. The molecular formula is C21H23N3O3S. The Balaban J connectivity index is 1.46. The zero-order valence-electron chi connectivity index (χ0n) is 16.0. The van der Waals surface area contributed by atoms with E-state index in [4.69, 9.17) is 9.15 Å². The third-order valence-corrected chi connectivity index (χ3v) is 4.96. The highest BCUT2D eigenvalue weighted by Gasteiger charge is 2.11.